The molecular formula is C15H21NO7S. The number of ether oxygens (including phenoxy) is 2. The van der Waals surface area contributed by atoms with Gasteiger partial charge in [-0.25, -0.2) is 4.79 Å². The Bertz CT molecular complexity index is 661. The third-order valence-corrected chi connectivity index (χ3v) is 7.02. The van der Waals surface area contributed by atoms with Crippen LogP contribution in [0, 0.1) is 11.8 Å². The van der Waals surface area contributed by atoms with Gasteiger partial charge in [0.05, 0.1) is 17.9 Å². The van der Waals surface area contributed by atoms with Crippen molar-refractivity contribution in [2.24, 2.45) is 11.8 Å². The molecular weight excluding hydrogens is 338 g/mol. The van der Waals surface area contributed by atoms with Crippen LogP contribution in [-0.4, -0.2) is 57.0 Å². The fourth-order valence-electron chi connectivity index (χ4n) is 4.23. The van der Waals surface area contributed by atoms with Crippen LogP contribution in [0.4, 0.5) is 0 Å². The number of rotatable bonds is 7. The number of carbonyl (C=O) groups is 2. The van der Waals surface area contributed by atoms with Crippen molar-refractivity contribution in [3.8, 4) is 0 Å². The molecule has 0 aromatic carbocycles. The van der Waals surface area contributed by atoms with Crippen LogP contribution in [0.25, 0.3) is 0 Å². The summed E-state index contributed by atoms with van der Waals surface area (Å²) >= 11 is 0. The quantitative estimate of drug-likeness (QED) is 0.289. The first-order valence-electron chi connectivity index (χ1n) is 7.90. The maximum atomic E-state index is 12.0. The van der Waals surface area contributed by atoms with E-state index in [1.54, 1.807) is 6.92 Å². The van der Waals surface area contributed by atoms with Gasteiger partial charge in [0.15, 0.2) is 0 Å². The Morgan fingerprint density at radius 3 is 2.88 bits per heavy atom. The second kappa shape index (κ2) is 6.12. The third-order valence-electron chi connectivity index (χ3n) is 5.17. The van der Waals surface area contributed by atoms with Crippen molar-refractivity contribution in [1.82, 2.24) is 5.32 Å². The zero-order valence-corrected chi connectivity index (χ0v) is 14.2. The third kappa shape index (κ3) is 2.84. The number of nitrogens with one attached hydrogen (secondary N) is 1. The average molecular weight is 359 g/mol. The molecule has 2 bridgehead atoms. The van der Waals surface area contributed by atoms with E-state index in [1.807, 2.05) is 0 Å². The van der Waals surface area contributed by atoms with E-state index in [-0.39, 0.29) is 37.5 Å². The SMILES string of the molecule is C=CC(=O)OCCNC(=O)COC1C2CC3C(C2)S(=O)(=O)OC31C. The summed E-state index contributed by atoms with van der Waals surface area (Å²) < 4.78 is 39.8. The molecule has 8 nitrogen and oxygen atoms in total. The van der Waals surface area contributed by atoms with Crippen molar-refractivity contribution in [2.75, 3.05) is 19.8 Å². The Hall–Kier alpha value is -1.45. The van der Waals surface area contributed by atoms with Crippen LogP contribution in [0.3, 0.4) is 0 Å². The van der Waals surface area contributed by atoms with Gasteiger partial charge in [-0.15, -0.1) is 0 Å². The van der Waals surface area contributed by atoms with Crippen molar-refractivity contribution < 1.29 is 31.7 Å². The average Bonchev–Trinajstić information content (AvgIpc) is 3.09. The molecule has 1 saturated heterocycles. The van der Waals surface area contributed by atoms with E-state index in [9.17, 15) is 18.0 Å². The number of esters is 1. The summed E-state index contributed by atoms with van der Waals surface area (Å²) in [5.41, 5.74) is -0.869. The fourth-order valence-corrected chi connectivity index (χ4v) is 6.33. The van der Waals surface area contributed by atoms with Gasteiger partial charge in [0, 0.05) is 12.0 Å². The molecule has 1 amide bonds. The van der Waals surface area contributed by atoms with Crippen LogP contribution in [0.1, 0.15) is 19.8 Å². The molecule has 24 heavy (non-hydrogen) atoms. The summed E-state index contributed by atoms with van der Waals surface area (Å²) in [6, 6.07) is 0. The molecule has 1 heterocycles. The van der Waals surface area contributed by atoms with Gasteiger partial charge in [0.1, 0.15) is 18.8 Å². The van der Waals surface area contributed by atoms with E-state index >= 15 is 0 Å². The van der Waals surface area contributed by atoms with Crippen molar-refractivity contribution in [2.45, 2.75) is 36.7 Å². The minimum Gasteiger partial charge on any atom is -0.461 e. The molecule has 134 valence electrons. The number of hydrogen-bond acceptors (Lipinski definition) is 7. The van der Waals surface area contributed by atoms with Crippen LogP contribution < -0.4 is 5.32 Å². The van der Waals surface area contributed by atoms with E-state index in [0.717, 1.165) is 12.5 Å². The number of carbonyl (C=O) groups excluding carboxylic acids is 2. The minimum atomic E-state index is -3.53. The lowest BCUT2D eigenvalue weighted by atomic mass is 9.83. The van der Waals surface area contributed by atoms with Gasteiger partial charge in [-0.2, -0.15) is 8.42 Å². The lowest BCUT2D eigenvalue weighted by molar-refractivity contribution is -0.140. The van der Waals surface area contributed by atoms with Gasteiger partial charge >= 0.3 is 5.97 Å². The fraction of sp³-hybridized carbons (Fsp3) is 0.733. The smallest absolute Gasteiger partial charge is 0.330 e. The Balaban J connectivity index is 1.47. The normalized spacial score (nSPS) is 38.0. The van der Waals surface area contributed by atoms with Gasteiger partial charge in [-0.05, 0) is 25.7 Å². The van der Waals surface area contributed by atoms with Gasteiger partial charge in [-0.1, -0.05) is 6.58 Å². The highest BCUT2D eigenvalue weighted by Crippen LogP contribution is 2.61. The highest BCUT2D eigenvalue weighted by molar-refractivity contribution is 7.87. The van der Waals surface area contributed by atoms with Gasteiger partial charge in [-0.3, -0.25) is 8.98 Å². The summed E-state index contributed by atoms with van der Waals surface area (Å²) in [7, 11) is -3.53. The molecule has 3 rings (SSSR count). The highest BCUT2D eigenvalue weighted by Gasteiger charge is 2.71. The number of hydrogen-bond donors (Lipinski definition) is 1. The van der Waals surface area contributed by atoms with Crippen LogP contribution in [0.5, 0.6) is 0 Å². The van der Waals surface area contributed by atoms with Crippen LogP contribution >= 0.6 is 0 Å². The lowest BCUT2D eigenvalue weighted by Crippen LogP contribution is -2.47. The lowest BCUT2D eigenvalue weighted by Gasteiger charge is -2.33. The second-order valence-corrected chi connectivity index (χ2v) is 8.35. The van der Waals surface area contributed by atoms with E-state index in [4.69, 9.17) is 13.7 Å². The Morgan fingerprint density at radius 1 is 1.42 bits per heavy atom. The molecule has 5 atom stereocenters. The van der Waals surface area contributed by atoms with Crippen molar-refractivity contribution in [3.05, 3.63) is 12.7 Å². The van der Waals surface area contributed by atoms with Gasteiger partial charge < -0.3 is 14.8 Å². The molecule has 0 radical (unpaired) electrons. The maximum Gasteiger partial charge on any atom is 0.330 e. The Labute approximate surface area is 140 Å². The molecule has 1 N–H and O–H groups in total. The number of amides is 1. The van der Waals surface area contributed by atoms with E-state index in [1.165, 1.54) is 0 Å². The van der Waals surface area contributed by atoms with Crippen molar-refractivity contribution >= 4 is 22.0 Å². The first kappa shape index (κ1) is 17.4. The summed E-state index contributed by atoms with van der Waals surface area (Å²) in [6.07, 6.45) is 1.93. The molecule has 3 fully saturated rings. The largest absolute Gasteiger partial charge is 0.461 e. The topological polar surface area (TPSA) is 108 Å². The van der Waals surface area contributed by atoms with E-state index in [2.05, 4.69) is 11.9 Å². The molecule has 9 heteroatoms. The maximum absolute atomic E-state index is 12.0. The number of fused-ring (bicyclic) bond motifs is 1. The van der Waals surface area contributed by atoms with Gasteiger partial charge in [0.25, 0.3) is 10.1 Å². The molecule has 2 saturated carbocycles. The van der Waals surface area contributed by atoms with Crippen LogP contribution in [-0.2, 0) is 33.4 Å². The predicted molar refractivity (Wildman–Crippen MR) is 82.3 cm³/mol. The standard InChI is InChI=1S/C15H21NO7S/c1-3-13(18)21-5-4-16-12(17)8-22-14-9-6-10-11(7-9)24(19,20)23-15(10,14)2/h3,9-11,14H,1,4-8H2,2H3,(H,16,17). The summed E-state index contributed by atoms with van der Waals surface area (Å²) in [6.45, 7) is 5.05. The van der Waals surface area contributed by atoms with Crippen LogP contribution in [0.15, 0.2) is 12.7 Å². The van der Waals surface area contributed by atoms with E-state index in [0.29, 0.717) is 6.42 Å². The molecule has 0 spiro atoms. The molecule has 1 aliphatic heterocycles. The zero-order chi connectivity index (χ0) is 17.5. The monoisotopic (exact) mass is 359 g/mol. The summed E-state index contributed by atoms with van der Waals surface area (Å²) in [4.78, 5) is 22.7. The minimum absolute atomic E-state index is 0.0471. The molecule has 2 aliphatic carbocycles. The van der Waals surface area contributed by atoms with Crippen molar-refractivity contribution in [3.63, 3.8) is 0 Å². The Kier molecular flexibility index (Phi) is 4.43. The predicted octanol–water partition coefficient (Wildman–Crippen LogP) is -0.256. The molecule has 5 unspecified atom stereocenters. The molecule has 0 aromatic rings. The first-order valence-corrected chi connectivity index (χ1v) is 9.37. The van der Waals surface area contributed by atoms with Crippen molar-refractivity contribution in [1.29, 1.82) is 0 Å². The highest BCUT2D eigenvalue weighted by atomic mass is 32.2. The first-order chi connectivity index (χ1) is 11.3. The molecule has 3 aliphatic rings. The second-order valence-electron chi connectivity index (χ2n) is 6.59. The zero-order valence-electron chi connectivity index (χ0n) is 13.4. The summed E-state index contributed by atoms with van der Waals surface area (Å²) in [5.74, 6) is -0.861. The van der Waals surface area contributed by atoms with Gasteiger partial charge in [0.2, 0.25) is 5.91 Å². The van der Waals surface area contributed by atoms with E-state index < -0.39 is 33.0 Å². The Morgan fingerprint density at radius 2 is 2.17 bits per heavy atom. The molecule has 0 aromatic heterocycles. The van der Waals surface area contributed by atoms with Crippen LogP contribution in [0.2, 0.25) is 0 Å². The summed E-state index contributed by atoms with van der Waals surface area (Å²) in [5, 5.41) is 2.14.